The fourth-order valence-corrected chi connectivity index (χ4v) is 3.16. The van der Waals surface area contributed by atoms with Crippen molar-refractivity contribution in [3.8, 4) is 0 Å². The number of hydrogen-bond donors (Lipinski definition) is 1. The zero-order valence-corrected chi connectivity index (χ0v) is 12.5. The molecule has 1 aliphatic carbocycles. The fourth-order valence-electron chi connectivity index (χ4n) is 3.16. The van der Waals surface area contributed by atoms with Crippen LogP contribution in [0.25, 0.3) is 0 Å². The molecule has 0 saturated heterocycles. The van der Waals surface area contributed by atoms with Gasteiger partial charge in [-0.1, -0.05) is 19.9 Å². The topological polar surface area (TPSA) is 42.1 Å². The molecule has 0 spiro atoms. The van der Waals surface area contributed by atoms with Crippen molar-refractivity contribution in [2.45, 2.75) is 51.6 Å². The summed E-state index contributed by atoms with van der Waals surface area (Å²) in [6.45, 7) is 5.41. The zero-order chi connectivity index (χ0) is 13.9. The molecule has 0 radical (unpaired) electrons. The summed E-state index contributed by atoms with van der Waals surface area (Å²) in [7, 11) is 2.22. The number of nitrogens with zero attached hydrogens (tertiary/aromatic N) is 2. The summed E-state index contributed by atoms with van der Waals surface area (Å²) in [5, 5.41) is 0. The smallest absolute Gasteiger partial charge is 0.0485 e. The first-order chi connectivity index (χ1) is 9.03. The van der Waals surface area contributed by atoms with Gasteiger partial charge in [-0.15, -0.1) is 0 Å². The Hall–Kier alpha value is -0.930. The molecule has 2 rings (SSSR count). The quantitative estimate of drug-likeness (QED) is 0.906. The van der Waals surface area contributed by atoms with Gasteiger partial charge in [0.05, 0.1) is 0 Å². The average molecular weight is 261 g/mol. The lowest BCUT2D eigenvalue weighted by Gasteiger charge is -2.41. The molecule has 0 bridgehead atoms. The highest BCUT2D eigenvalue weighted by atomic mass is 15.2. The zero-order valence-electron chi connectivity index (χ0n) is 12.5. The highest BCUT2D eigenvalue weighted by Crippen LogP contribution is 2.38. The summed E-state index contributed by atoms with van der Waals surface area (Å²) in [5.74, 6) is 0. The number of nitrogens with two attached hydrogens (primary N) is 1. The lowest BCUT2D eigenvalue weighted by molar-refractivity contribution is 0.0965. The number of likely N-dealkylation sites (N-methyl/N-ethyl adjacent to an activating group) is 1. The van der Waals surface area contributed by atoms with Crippen molar-refractivity contribution in [1.29, 1.82) is 0 Å². The fraction of sp³-hybridized carbons (Fsp3) is 0.688. The molecule has 1 fully saturated rings. The van der Waals surface area contributed by atoms with Gasteiger partial charge in [0.1, 0.15) is 0 Å². The van der Waals surface area contributed by atoms with E-state index < -0.39 is 0 Å². The van der Waals surface area contributed by atoms with Crippen molar-refractivity contribution >= 4 is 0 Å². The minimum absolute atomic E-state index is 0.292. The molecule has 1 aromatic rings. The number of aromatic nitrogens is 1. The summed E-state index contributed by atoms with van der Waals surface area (Å²) in [4.78, 5) is 6.69. The maximum atomic E-state index is 6.00. The van der Waals surface area contributed by atoms with Crippen LogP contribution in [-0.4, -0.2) is 29.5 Å². The molecule has 106 valence electrons. The van der Waals surface area contributed by atoms with Crippen molar-refractivity contribution < 1.29 is 0 Å². The van der Waals surface area contributed by atoms with Crippen LogP contribution in [0.15, 0.2) is 24.5 Å². The summed E-state index contributed by atoms with van der Waals surface area (Å²) in [6, 6.07) is 5.07. The van der Waals surface area contributed by atoms with Gasteiger partial charge in [0.15, 0.2) is 0 Å². The molecular formula is C16H27N3. The first-order valence-corrected chi connectivity index (χ1v) is 7.35. The Labute approximate surface area is 117 Å². The molecule has 1 aliphatic rings. The predicted molar refractivity (Wildman–Crippen MR) is 79.8 cm³/mol. The first-order valence-electron chi connectivity index (χ1n) is 7.35. The van der Waals surface area contributed by atoms with E-state index in [1.54, 1.807) is 0 Å². The molecule has 1 saturated carbocycles. The molecular weight excluding hydrogens is 234 g/mol. The normalized spacial score (nSPS) is 21.5. The molecule has 2 N–H and O–H groups in total. The van der Waals surface area contributed by atoms with Crippen molar-refractivity contribution in [2.75, 3.05) is 13.6 Å². The van der Waals surface area contributed by atoms with Gasteiger partial charge in [-0.05, 0) is 49.8 Å². The summed E-state index contributed by atoms with van der Waals surface area (Å²) in [5.41, 5.74) is 7.75. The van der Waals surface area contributed by atoms with E-state index in [4.69, 9.17) is 5.73 Å². The van der Waals surface area contributed by atoms with E-state index in [2.05, 4.69) is 36.8 Å². The average Bonchev–Trinajstić information content (AvgIpc) is 2.40. The van der Waals surface area contributed by atoms with Crippen LogP contribution in [0.5, 0.6) is 0 Å². The minimum Gasteiger partial charge on any atom is -0.329 e. The molecule has 3 nitrogen and oxygen atoms in total. The van der Waals surface area contributed by atoms with Crippen molar-refractivity contribution in [3.05, 3.63) is 30.1 Å². The van der Waals surface area contributed by atoms with Gasteiger partial charge >= 0.3 is 0 Å². The highest BCUT2D eigenvalue weighted by Gasteiger charge is 2.31. The van der Waals surface area contributed by atoms with E-state index in [0.29, 0.717) is 24.0 Å². The Morgan fingerprint density at radius 2 is 2.11 bits per heavy atom. The van der Waals surface area contributed by atoms with Crippen LogP contribution in [0.4, 0.5) is 0 Å². The van der Waals surface area contributed by atoms with Crippen LogP contribution in [0, 0.1) is 5.41 Å². The lowest BCUT2D eigenvalue weighted by Crippen LogP contribution is -2.41. The van der Waals surface area contributed by atoms with Crippen LogP contribution >= 0.6 is 0 Å². The Morgan fingerprint density at radius 1 is 1.42 bits per heavy atom. The Kier molecular flexibility index (Phi) is 4.58. The van der Waals surface area contributed by atoms with Crippen LogP contribution in [0.2, 0.25) is 0 Å². The highest BCUT2D eigenvalue weighted by molar-refractivity contribution is 5.14. The number of pyridine rings is 1. The van der Waals surface area contributed by atoms with E-state index in [1.807, 2.05) is 18.5 Å². The molecule has 0 amide bonds. The Morgan fingerprint density at radius 3 is 2.63 bits per heavy atom. The van der Waals surface area contributed by atoms with Crippen LogP contribution in [0.1, 0.15) is 51.1 Å². The van der Waals surface area contributed by atoms with E-state index in [9.17, 15) is 0 Å². The first kappa shape index (κ1) is 14.5. The Bertz CT molecular complexity index is 378. The number of rotatable bonds is 4. The summed E-state index contributed by atoms with van der Waals surface area (Å²) < 4.78 is 0. The van der Waals surface area contributed by atoms with E-state index in [1.165, 1.54) is 31.2 Å². The molecule has 1 aromatic heterocycles. The molecule has 3 heteroatoms. The van der Waals surface area contributed by atoms with Crippen molar-refractivity contribution in [2.24, 2.45) is 11.1 Å². The number of hydrogen-bond acceptors (Lipinski definition) is 3. The lowest BCUT2D eigenvalue weighted by atomic mass is 9.75. The second kappa shape index (κ2) is 6.02. The summed E-state index contributed by atoms with van der Waals surface area (Å²) in [6.07, 6.45) is 8.94. The van der Waals surface area contributed by atoms with Gasteiger partial charge in [0.2, 0.25) is 0 Å². The van der Waals surface area contributed by atoms with E-state index in [0.717, 1.165) is 0 Å². The molecule has 0 aromatic carbocycles. The third kappa shape index (κ3) is 3.54. The van der Waals surface area contributed by atoms with Crippen LogP contribution in [-0.2, 0) is 0 Å². The maximum absolute atomic E-state index is 6.00. The van der Waals surface area contributed by atoms with Gasteiger partial charge in [0.25, 0.3) is 0 Å². The van der Waals surface area contributed by atoms with Gasteiger partial charge in [-0.25, -0.2) is 0 Å². The monoisotopic (exact) mass is 261 g/mol. The van der Waals surface area contributed by atoms with Gasteiger partial charge in [0, 0.05) is 31.0 Å². The third-order valence-corrected chi connectivity index (χ3v) is 4.67. The van der Waals surface area contributed by atoms with Crippen LogP contribution < -0.4 is 5.73 Å². The van der Waals surface area contributed by atoms with Crippen molar-refractivity contribution in [3.63, 3.8) is 0 Å². The molecule has 19 heavy (non-hydrogen) atoms. The second-order valence-electron chi connectivity index (χ2n) is 6.60. The van der Waals surface area contributed by atoms with Crippen LogP contribution in [0.3, 0.4) is 0 Å². The Balaban J connectivity index is 2.04. The SMILES string of the molecule is CN(C1CCC(C)(C)CC1)C(CN)c1cccnc1. The molecule has 1 atom stereocenters. The van der Waals surface area contributed by atoms with Gasteiger partial charge < -0.3 is 5.73 Å². The predicted octanol–water partition coefficient (Wildman–Crippen LogP) is 2.98. The molecule has 0 aliphatic heterocycles. The second-order valence-corrected chi connectivity index (χ2v) is 6.60. The standard InChI is InChI=1S/C16H27N3/c1-16(2)8-6-14(7-9-16)19(3)15(11-17)13-5-4-10-18-12-13/h4-5,10,12,14-15H,6-9,11,17H2,1-3H3. The van der Waals surface area contributed by atoms with Gasteiger partial charge in [-0.2, -0.15) is 0 Å². The third-order valence-electron chi connectivity index (χ3n) is 4.67. The van der Waals surface area contributed by atoms with E-state index >= 15 is 0 Å². The molecule has 1 heterocycles. The summed E-state index contributed by atoms with van der Waals surface area (Å²) >= 11 is 0. The van der Waals surface area contributed by atoms with E-state index in [-0.39, 0.29) is 0 Å². The minimum atomic E-state index is 0.292. The van der Waals surface area contributed by atoms with Crippen molar-refractivity contribution in [1.82, 2.24) is 9.88 Å². The maximum Gasteiger partial charge on any atom is 0.0485 e. The molecule has 1 unspecified atom stereocenters. The largest absolute Gasteiger partial charge is 0.329 e. The van der Waals surface area contributed by atoms with Gasteiger partial charge in [-0.3, -0.25) is 9.88 Å².